The van der Waals surface area contributed by atoms with Crippen molar-refractivity contribution in [1.82, 2.24) is 0 Å². The van der Waals surface area contributed by atoms with Gasteiger partial charge in [0.1, 0.15) is 12.4 Å². The third-order valence-electron chi connectivity index (χ3n) is 3.23. The summed E-state index contributed by atoms with van der Waals surface area (Å²) in [4.78, 5) is 0. The Kier molecular flexibility index (Phi) is 4.81. The molecule has 112 valence electrons. The highest BCUT2D eigenvalue weighted by molar-refractivity contribution is 5.38. The van der Waals surface area contributed by atoms with Gasteiger partial charge in [0.05, 0.1) is 13.2 Å². The number of ether oxygens (including phenoxy) is 2. The summed E-state index contributed by atoms with van der Waals surface area (Å²) < 4.78 is 24.2. The molecule has 0 radical (unpaired) electrons. The van der Waals surface area contributed by atoms with Gasteiger partial charge in [0.2, 0.25) is 0 Å². The first-order valence-electron chi connectivity index (χ1n) is 6.75. The normalized spacial score (nSPS) is 12.0. The Morgan fingerprint density at radius 2 is 1.86 bits per heavy atom. The Bertz CT molecular complexity index is 623. The fourth-order valence-electron chi connectivity index (χ4n) is 2.09. The minimum Gasteiger partial charge on any atom is -0.494 e. The predicted octanol–water partition coefficient (Wildman–Crippen LogP) is 3.78. The van der Waals surface area contributed by atoms with Gasteiger partial charge in [-0.1, -0.05) is 17.7 Å². The van der Waals surface area contributed by atoms with Gasteiger partial charge in [-0.25, -0.2) is 4.39 Å². The first-order chi connectivity index (χ1) is 10.0. The van der Waals surface area contributed by atoms with Crippen LogP contribution in [-0.4, -0.2) is 12.2 Å². The highest BCUT2D eigenvalue weighted by Crippen LogP contribution is 2.27. The van der Waals surface area contributed by atoms with E-state index in [-0.39, 0.29) is 12.4 Å². The van der Waals surface area contributed by atoms with Crippen molar-refractivity contribution in [2.24, 2.45) is 0 Å². The molecular formula is C17H19FO3. The Balaban J connectivity index is 2.15. The lowest BCUT2D eigenvalue weighted by Crippen LogP contribution is -2.02. The molecule has 4 heteroatoms. The number of benzene rings is 2. The molecule has 2 aromatic rings. The number of aliphatic hydroxyl groups is 1. The van der Waals surface area contributed by atoms with Crippen LogP contribution >= 0.6 is 0 Å². The molecule has 0 aromatic heterocycles. The highest BCUT2D eigenvalue weighted by Gasteiger charge is 2.10. The van der Waals surface area contributed by atoms with Crippen molar-refractivity contribution in [1.29, 1.82) is 0 Å². The van der Waals surface area contributed by atoms with Crippen molar-refractivity contribution in [3.8, 4) is 11.5 Å². The Morgan fingerprint density at radius 3 is 2.48 bits per heavy atom. The second-order valence-electron chi connectivity index (χ2n) is 4.97. The maximum Gasteiger partial charge on any atom is 0.165 e. The summed E-state index contributed by atoms with van der Waals surface area (Å²) >= 11 is 0. The fraction of sp³-hybridized carbons (Fsp3) is 0.294. The predicted molar refractivity (Wildman–Crippen MR) is 79.1 cm³/mol. The Labute approximate surface area is 124 Å². The molecular weight excluding hydrogens is 271 g/mol. The summed E-state index contributed by atoms with van der Waals surface area (Å²) in [6.07, 6.45) is -0.618. The molecule has 0 heterocycles. The third-order valence-corrected chi connectivity index (χ3v) is 3.23. The summed E-state index contributed by atoms with van der Waals surface area (Å²) in [5.41, 5.74) is 2.48. The number of methoxy groups -OCH3 is 1. The number of hydrogen-bond acceptors (Lipinski definition) is 3. The SMILES string of the molecule is COc1ccc(COc2ccc(C)cc2C(C)O)cc1F. The van der Waals surface area contributed by atoms with Gasteiger partial charge in [0, 0.05) is 5.56 Å². The smallest absolute Gasteiger partial charge is 0.165 e. The van der Waals surface area contributed by atoms with Crippen molar-refractivity contribution >= 4 is 0 Å². The van der Waals surface area contributed by atoms with Crippen LogP contribution < -0.4 is 9.47 Å². The first kappa shape index (κ1) is 15.3. The molecule has 0 amide bonds. The van der Waals surface area contributed by atoms with Gasteiger partial charge in [-0.05, 0) is 43.7 Å². The largest absolute Gasteiger partial charge is 0.494 e. The maximum absolute atomic E-state index is 13.6. The lowest BCUT2D eigenvalue weighted by molar-refractivity contribution is 0.190. The zero-order chi connectivity index (χ0) is 15.4. The van der Waals surface area contributed by atoms with Gasteiger partial charge in [-0.3, -0.25) is 0 Å². The molecule has 1 atom stereocenters. The van der Waals surface area contributed by atoms with Gasteiger partial charge in [-0.15, -0.1) is 0 Å². The standard InChI is InChI=1S/C17H19FO3/c1-11-4-6-16(14(8-11)12(2)19)21-10-13-5-7-17(20-3)15(18)9-13/h4-9,12,19H,10H2,1-3H3. The molecule has 0 fully saturated rings. The van der Waals surface area contributed by atoms with Crippen molar-refractivity contribution in [2.75, 3.05) is 7.11 Å². The minimum absolute atomic E-state index is 0.207. The fourth-order valence-corrected chi connectivity index (χ4v) is 2.09. The van der Waals surface area contributed by atoms with Crippen LogP contribution in [0.4, 0.5) is 4.39 Å². The molecule has 0 aliphatic carbocycles. The molecule has 3 nitrogen and oxygen atoms in total. The van der Waals surface area contributed by atoms with E-state index in [9.17, 15) is 9.50 Å². The molecule has 0 saturated heterocycles. The molecule has 0 aliphatic rings. The van der Waals surface area contributed by atoms with E-state index in [0.717, 1.165) is 11.1 Å². The van der Waals surface area contributed by atoms with Gasteiger partial charge in [0.25, 0.3) is 0 Å². The molecule has 2 rings (SSSR count). The van der Waals surface area contributed by atoms with E-state index in [1.54, 1.807) is 19.1 Å². The van der Waals surface area contributed by atoms with Crippen molar-refractivity contribution in [3.05, 3.63) is 58.9 Å². The van der Waals surface area contributed by atoms with Crippen LogP contribution in [0.25, 0.3) is 0 Å². The molecule has 0 aliphatic heterocycles. The van der Waals surface area contributed by atoms with Crippen LogP contribution in [-0.2, 0) is 6.61 Å². The van der Waals surface area contributed by atoms with Gasteiger partial charge in [-0.2, -0.15) is 0 Å². The van der Waals surface area contributed by atoms with E-state index in [1.807, 2.05) is 25.1 Å². The van der Waals surface area contributed by atoms with E-state index < -0.39 is 11.9 Å². The summed E-state index contributed by atoms with van der Waals surface area (Å²) in [5.74, 6) is 0.392. The van der Waals surface area contributed by atoms with Crippen molar-refractivity contribution in [3.63, 3.8) is 0 Å². The van der Waals surface area contributed by atoms with Crippen LogP contribution in [0.5, 0.6) is 11.5 Å². The monoisotopic (exact) mass is 290 g/mol. The van der Waals surface area contributed by atoms with Crippen molar-refractivity contribution in [2.45, 2.75) is 26.6 Å². The summed E-state index contributed by atoms with van der Waals surface area (Å²) in [5, 5.41) is 9.78. The van der Waals surface area contributed by atoms with E-state index in [2.05, 4.69) is 0 Å². The molecule has 0 saturated carbocycles. The summed E-state index contributed by atoms with van der Waals surface area (Å²) in [6, 6.07) is 10.3. The number of hydrogen-bond donors (Lipinski definition) is 1. The second-order valence-corrected chi connectivity index (χ2v) is 4.97. The van der Waals surface area contributed by atoms with E-state index in [4.69, 9.17) is 9.47 Å². The van der Waals surface area contributed by atoms with Crippen LogP contribution in [0.3, 0.4) is 0 Å². The topological polar surface area (TPSA) is 38.7 Å². The van der Waals surface area contributed by atoms with Gasteiger partial charge >= 0.3 is 0 Å². The van der Waals surface area contributed by atoms with Crippen LogP contribution in [0.15, 0.2) is 36.4 Å². The first-order valence-corrected chi connectivity index (χ1v) is 6.75. The molecule has 1 N–H and O–H groups in total. The molecule has 21 heavy (non-hydrogen) atoms. The van der Waals surface area contributed by atoms with Gasteiger partial charge < -0.3 is 14.6 Å². The number of aliphatic hydroxyl groups excluding tert-OH is 1. The number of halogens is 1. The van der Waals surface area contributed by atoms with Crippen LogP contribution in [0.2, 0.25) is 0 Å². The molecule has 1 unspecified atom stereocenters. The van der Waals surface area contributed by atoms with E-state index in [1.165, 1.54) is 13.2 Å². The second kappa shape index (κ2) is 6.59. The lowest BCUT2D eigenvalue weighted by atomic mass is 10.1. The Hall–Kier alpha value is -2.07. The van der Waals surface area contributed by atoms with Gasteiger partial charge in [0.15, 0.2) is 11.6 Å². The maximum atomic E-state index is 13.6. The summed E-state index contributed by atoms with van der Waals surface area (Å²) in [6.45, 7) is 3.87. The highest BCUT2D eigenvalue weighted by atomic mass is 19.1. The van der Waals surface area contributed by atoms with Crippen LogP contribution in [0.1, 0.15) is 29.7 Å². The zero-order valence-corrected chi connectivity index (χ0v) is 12.4. The molecule has 0 bridgehead atoms. The quantitative estimate of drug-likeness (QED) is 0.911. The zero-order valence-electron chi connectivity index (χ0n) is 12.4. The minimum atomic E-state index is -0.618. The lowest BCUT2D eigenvalue weighted by Gasteiger charge is -2.14. The van der Waals surface area contributed by atoms with E-state index >= 15 is 0 Å². The van der Waals surface area contributed by atoms with Crippen molar-refractivity contribution < 1.29 is 19.0 Å². The number of rotatable bonds is 5. The summed E-state index contributed by atoms with van der Waals surface area (Å²) in [7, 11) is 1.43. The third kappa shape index (κ3) is 3.73. The Morgan fingerprint density at radius 1 is 1.14 bits per heavy atom. The average Bonchev–Trinajstić information content (AvgIpc) is 2.46. The van der Waals surface area contributed by atoms with E-state index in [0.29, 0.717) is 11.3 Å². The average molecular weight is 290 g/mol. The molecule has 0 spiro atoms. The molecule has 2 aromatic carbocycles. The number of aryl methyl sites for hydroxylation is 1. The van der Waals surface area contributed by atoms with Crippen LogP contribution in [0, 0.1) is 12.7 Å².